The Hall–Kier alpha value is -0.600. The van der Waals surface area contributed by atoms with Crippen LogP contribution in [0.3, 0.4) is 0 Å². The molecule has 1 aromatic rings. The first-order chi connectivity index (χ1) is 7.54. The van der Waals surface area contributed by atoms with Gasteiger partial charge in [-0.05, 0) is 30.5 Å². The molecule has 2 unspecified atom stereocenters. The van der Waals surface area contributed by atoms with E-state index < -0.39 is 0 Å². The zero-order valence-electron chi connectivity index (χ0n) is 9.84. The number of nitrogens with two attached hydrogens (primary N) is 1. The highest BCUT2D eigenvalue weighted by atomic mass is 35.5. The smallest absolute Gasteiger partial charge is 0.128 e. The Morgan fingerprint density at radius 2 is 2.12 bits per heavy atom. The molecule has 0 saturated carbocycles. The molecule has 0 aromatic heterocycles. The third-order valence-electron chi connectivity index (χ3n) is 2.80. The van der Waals surface area contributed by atoms with Crippen LogP contribution in [0.5, 0.6) is 0 Å². The summed E-state index contributed by atoms with van der Waals surface area (Å²) < 4.78 is 13.5. The van der Waals surface area contributed by atoms with E-state index in [1.54, 1.807) is 12.1 Å². The predicted octanol–water partition coefficient (Wildman–Crippen LogP) is 4.31. The Morgan fingerprint density at radius 1 is 1.44 bits per heavy atom. The molecule has 0 spiro atoms. The Kier molecular flexibility index (Phi) is 5.23. The molecular weight excluding hydrogens is 225 g/mol. The predicted molar refractivity (Wildman–Crippen MR) is 67.0 cm³/mol. The lowest BCUT2D eigenvalue weighted by Gasteiger charge is -2.17. The van der Waals surface area contributed by atoms with Crippen LogP contribution >= 0.6 is 11.6 Å². The first-order valence-corrected chi connectivity index (χ1v) is 6.13. The monoisotopic (exact) mass is 243 g/mol. The number of hydrogen-bond donors (Lipinski definition) is 1. The summed E-state index contributed by atoms with van der Waals surface area (Å²) in [6.45, 7) is 4.29. The summed E-state index contributed by atoms with van der Waals surface area (Å²) in [5.74, 6) is 0.249. The Bertz CT molecular complexity index is 341. The highest BCUT2D eigenvalue weighted by Crippen LogP contribution is 2.26. The van der Waals surface area contributed by atoms with E-state index in [9.17, 15) is 4.39 Å². The van der Waals surface area contributed by atoms with Gasteiger partial charge in [0.15, 0.2) is 0 Å². The van der Waals surface area contributed by atoms with E-state index >= 15 is 0 Å². The van der Waals surface area contributed by atoms with E-state index in [0.29, 0.717) is 16.5 Å². The van der Waals surface area contributed by atoms with Gasteiger partial charge in [-0.15, -0.1) is 0 Å². The lowest BCUT2D eigenvalue weighted by molar-refractivity contribution is 0.431. The maximum atomic E-state index is 13.5. The minimum absolute atomic E-state index is 0.263. The van der Waals surface area contributed by atoms with Gasteiger partial charge in [-0.2, -0.15) is 0 Å². The fourth-order valence-corrected chi connectivity index (χ4v) is 2.15. The van der Waals surface area contributed by atoms with E-state index in [2.05, 4.69) is 13.8 Å². The van der Waals surface area contributed by atoms with Gasteiger partial charge in [0, 0.05) is 16.6 Å². The van der Waals surface area contributed by atoms with Crippen LogP contribution in [0, 0.1) is 11.7 Å². The van der Waals surface area contributed by atoms with Crippen molar-refractivity contribution in [3.05, 3.63) is 34.6 Å². The Morgan fingerprint density at radius 3 is 2.75 bits per heavy atom. The van der Waals surface area contributed by atoms with Crippen LogP contribution in [0.15, 0.2) is 18.2 Å². The first-order valence-electron chi connectivity index (χ1n) is 5.75. The fourth-order valence-electron chi connectivity index (χ4n) is 1.97. The summed E-state index contributed by atoms with van der Waals surface area (Å²) in [7, 11) is 0. The van der Waals surface area contributed by atoms with Gasteiger partial charge in [0.25, 0.3) is 0 Å². The van der Waals surface area contributed by atoms with E-state index in [-0.39, 0.29) is 11.9 Å². The van der Waals surface area contributed by atoms with Gasteiger partial charge in [0.1, 0.15) is 5.82 Å². The molecule has 3 heteroatoms. The fraction of sp³-hybridized carbons (Fsp3) is 0.538. The van der Waals surface area contributed by atoms with Gasteiger partial charge in [0.2, 0.25) is 0 Å². The number of rotatable bonds is 5. The van der Waals surface area contributed by atoms with Crippen molar-refractivity contribution in [2.24, 2.45) is 11.7 Å². The van der Waals surface area contributed by atoms with Gasteiger partial charge >= 0.3 is 0 Å². The molecule has 1 nitrogen and oxygen atoms in total. The van der Waals surface area contributed by atoms with Crippen LogP contribution in [0.4, 0.5) is 4.39 Å². The van der Waals surface area contributed by atoms with Crippen LogP contribution in [0.1, 0.15) is 44.7 Å². The molecule has 0 saturated heterocycles. The third-order valence-corrected chi connectivity index (χ3v) is 3.03. The van der Waals surface area contributed by atoms with Crippen LogP contribution in [0.25, 0.3) is 0 Å². The third kappa shape index (κ3) is 3.76. The van der Waals surface area contributed by atoms with E-state index in [1.807, 2.05) is 0 Å². The molecule has 0 radical (unpaired) electrons. The molecular formula is C13H19ClFN. The number of halogens is 2. The lowest BCUT2D eigenvalue weighted by Crippen LogP contribution is -2.15. The largest absolute Gasteiger partial charge is 0.324 e. The van der Waals surface area contributed by atoms with E-state index in [1.165, 1.54) is 6.07 Å². The van der Waals surface area contributed by atoms with Gasteiger partial charge < -0.3 is 5.73 Å². The summed E-state index contributed by atoms with van der Waals surface area (Å²) in [6.07, 6.45) is 3.05. The van der Waals surface area contributed by atoms with E-state index in [0.717, 1.165) is 19.3 Å². The molecule has 1 rings (SSSR count). The van der Waals surface area contributed by atoms with Crippen LogP contribution in [-0.4, -0.2) is 0 Å². The normalized spacial score (nSPS) is 14.8. The molecule has 0 fully saturated rings. The van der Waals surface area contributed by atoms with Crippen LogP contribution in [-0.2, 0) is 0 Å². The standard InChI is InChI=1S/C13H19ClFN/c1-3-4-9(2)7-13(16)11-8-10(14)5-6-12(11)15/h5-6,8-9,13H,3-4,7,16H2,1-2H3. The molecule has 0 bridgehead atoms. The van der Waals surface area contributed by atoms with Gasteiger partial charge in [-0.25, -0.2) is 4.39 Å². The molecule has 0 amide bonds. The molecule has 1 aromatic carbocycles. The summed E-state index contributed by atoms with van der Waals surface area (Å²) in [6, 6.07) is 4.28. The van der Waals surface area contributed by atoms with Crippen LogP contribution in [0.2, 0.25) is 5.02 Å². The Labute approximate surface area is 102 Å². The second-order valence-corrected chi connectivity index (χ2v) is 4.84. The molecule has 0 aliphatic rings. The Balaban J connectivity index is 2.72. The minimum Gasteiger partial charge on any atom is -0.324 e. The topological polar surface area (TPSA) is 26.0 Å². The van der Waals surface area contributed by atoms with Crippen molar-refractivity contribution < 1.29 is 4.39 Å². The highest BCUT2D eigenvalue weighted by Gasteiger charge is 2.14. The molecule has 0 aliphatic carbocycles. The number of hydrogen-bond acceptors (Lipinski definition) is 1. The zero-order chi connectivity index (χ0) is 12.1. The number of benzene rings is 1. The molecule has 0 heterocycles. The van der Waals surface area contributed by atoms with Crippen molar-refractivity contribution in [2.75, 3.05) is 0 Å². The first kappa shape index (κ1) is 13.5. The maximum absolute atomic E-state index is 13.5. The average Bonchev–Trinajstić information content (AvgIpc) is 2.21. The molecule has 2 N–H and O–H groups in total. The summed E-state index contributed by atoms with van der Waals surface area (Å²) in [5, 5.41) is 0.537. The highest BCUT2D eigenvalue weighted by molar-refractivity contribution is 6.30. The van der Waals surface area contributed by atoms with Gasteiger partial charge in [-0.3, -0.25) is 0 Å². The zero-order valence-corrected chi connectivity index (χ0v) is 10.6. The van der Waals surface area contributed by atoms with Gasteiger partial charge in [-0.1, -0.05) is 38.3 Å². The van der Waals surface area contributed by atoms with Gasteiger partial charge in [0.05, 0.1) is 0 Å². The van der Waals surface area contributed by atoms with Crippen molar-refractivity contribution in [2.45, 2.75) is 39.2 Å². The van der Waals surface area contributed by atoms with E-state index in [4.69, 9.17) is 17.3 Å². The van der Waals surface area contributed by atoms with Crippen molar-refractivity contribution in [3.8, 4) is 0 Å². The molecule has 0 aliphatic heterocycles. The lowest BCUT2D eigenvalue weighted by atomic mass is 9.93. The quantitative estimate of drug-likeness (QED) is 0.820. The molecule has 90 valence electrons. The minimum atomic E-state index is -0.264. The SMILES string of the molecule is CCCC(C)CC(N)c1cc(Cl)ccc1F. The molecule has 2 atom stereocenters. The second kappa shape index (κ2) is 6.21. The summed E-state index contributed by atoms with van der Waals surface area (Å²) >= 11 is 5.84. The van der Waals surface area contributed by atoms with Crippen molar-refractivity contribution in [3.63, 3.8) is 0 Å². The maximum Gasteiger partial charge on any atom is 0.128 e. The average molecular weight is 244 g/mol. The second-order valence-electron chi connectivity index (χ2n) is 4.40. The van der Waals surface area contributed by atoms with Crippen molar-refractivity contribution in [1.29, 1.82) is 0 Å². The summed E-state index contributed by atoms with van der Waals surface area (Å²) in [4.78, 5) is 0. The van der Waals surface area contributed by atoms with Crippen molar-refractivity contribution in [1.82, 2.24) is 0 Å². The van der Waals surface area contributed by atoms with Crippen LogP contribution < -0.4 is 5.73 Å². The summed E-state index contributed by atoms with van der Waals surface area (Å²) in [5.41, 5.74) is 6.52. The van der Waals surface area contributed by atoms with Crippen molar-refractivity contribution >= 4 is 11.6 Å². The molecule has 16 heavy (non-hydrogen) atoms.